The summed E-state index contributed by atoms with van der Waals surface area (Å²) in [4.78, 5) is 23.3. The summed E-state index contributed by atoms with van der Waals surface area (Å²) < 4.78 is 1.34. The Morgan fingerprint density at radius 2 is 2.17 bits per heavy atom. The van der Waals surface area contributed by atoms with Gasteiger partial charge in [0, 0.05) is 24.0 Å². The number of thioether (sulfide) groups is 1. The van der Waals surface area contributed by atoms with Crippen molar-refractivity contribution in [3.05, 3.63) is 28.7 Å². The van der Waals surface area contributed by atoms with Crippen LogP contribution in [0.25, 0.3) is 0 Å². The van der Waals surface area contributed by atoms with Gasteiger partial charge in [-0.1, -0.05) is 0 Å². The SMILES string of the molecule is Nc1ccc(=O)n(CC(=O)NC2CCSCC2)c1. The Kier molecular flexibility index (Phi) is 4.30. The molecule has 1 aromatic rings. The van der Waals surface area contributed by atoms with Gasteiger partial charge >= 0.3 is 0 Å². The molecule has 1 saturated heterocycles. The van der Waals surface area contributed by atoms with E-state index in [9.17, 15) is 9.59 Å². The summed E-state index contributed by atoms with van der Waals surface area (Å²) in [6.45, 7) is 0.0352. The van der Waals surface area contributed by atoms with Crippen molar-refractivity contribution in [2.75, 3.05) is 17.2 Å². The zero-order valence-electron chi connectivity index (χ0n) is 10.1. The summed E-state index contributed by atoms with van der Waals surface area (Å²) >= 11 is 1.91. The molecule has 1 aliphatic rings. The third-order valence-corrected chi connectivity index (χ3v) is 3.96. The third kappa shape index (κ3) is 3.53. The highest BCUT2D eigenvalue weighted by Gasteiger charge is 2.16. The number of carbonyl (C=O) groups is 1. The molecule has 1 aromatic heterocycles. The molecular weight excluding hydrogens is 250 g/mol. The smallest absolute Gasteiger partial charge is 0.251 e. The minimum absolute atomic E-state index is 0.0352. The van der Waals surface area contributed by atoms with Gasteiger partial charge in [0.05, 0.1) is 0 Å². The van der Waals surface area contributed by atoms with Crippen molar-refractivity contribution in [1.29, 1.82) is 0 Å². The van der Waals surface area contributed by atoms with Crippen LogP contribution in [0, 0.1) is 0 Å². The van der Waals surface area contributed by atoms with Crippen molar-refractivity contribution in [1.82, 2.24) is 9.88 Å². The molecule has 0 saturated carbocycles. The van der Waals surface area contributed by atoms with Crippen LogP contribution in [0.15, 0.2) is 23.1 Å². The maximum Gasteiger partial charge on any atom is 0.251 e. The number of hydrogen-bond donors (Lipinski definition) is 2. The standard InChI is InChI=1S/C12H17N3O2S/c13-9-1-2-12(17)15(7-9)8-11(16)14-10-3-5-18-6-4-10/h1-2,7,10H,3-6,8,13H2,(H,14,16). The number of hydrogen-bond acceptors (Lipinski definition) is 4. The van der Waals surface area contributed by atoms with Crippen LogP contribution < -0.4 is 16.6 Å². The van der Waals surface area contributed by atoms with Crippen molar-refractivity contribution in [3.63, 3.8) is 0 Å². The molecule has 0 atom stereocenters. The minimum atomic E-state index is -0.210. The zero-order chi connectivity index (χ0) is 13.0. The Balaban J connectivity index is 1.94. The number of carbonyl (C=O) groups excluding carboxylic acids is 1. The molecule has 2 heterocycles. The second-order valence-electron chi connectivity index (χ2n) is 4.38. The van der Waals surface area contributed by atoms with E-state index < -0.39 is 0 Å². The van der Waals surface area contributed by atoms with Gasteiger partial charge < -0.3 is 15.6 Å². The average Bonchev–Trinajstić information content (AvgIpc) is 2.35. The highest BCUT2D eigenvalue weighted by atomic mass is 32.2. The molecule has 0 aliphatic carbocycles. The number of nitrogen functional groups attached to an aromatic ring is 1. The molecule has 1 fully saturated rings. The van der Waals surface area contributed by atoms with Crippen LogP contribution in [0.2, 0.25) is 0 Å². The first-order valence-corrected chi connectivity index (χ1v) is 7.14. The lowest BCUT2D eigenvalue weighted by atomic mass is 10.1. The predicted molar refractivity (Wildman–Crippen MR) is 73.6 cm³/mol. The van der Waals surface area contributed by atoms with Crippen LogP contribution >= 0.6 is 11.8 Å². The van der Waals surface area contributed by atoms with E-state index in [4.69, 9.17) is 5.73 Å². The number of nitrogens with zero attached hydrogens (tertiary/aromatic N) is 1. The summed E-state index contributed by atoms with van der Waals surface area (Å²) in [5, 5.41) is 2.96. The average molecular weight is 267 g/mol. The van der Waals surface area contributed by atoms with Gasteiger partial charge in [0.1, 0.15) is 6.54 Å². The predicted octanol–water partition coefficient (Wildman–Crippen LogP) is 0.442. The maximum absolute atomic E-state index is 11.8. The van der Waals surface area contributed by atoms with Crippen LogP contribution in [-0.4, -0.2) is 28.0 Å². The maximum atomic E-state index is 11.8. The topological polar surface area (TPSA) is 77.1 Å². The molecule has 5 nitrogen and oxygen atoms in total. The highest BCUT2D eigenvalue weighted by Crippen LogP contribution is 2.16. The van der Waals surface area contributed by atoms with E-state index in [0.717, 1.165) is 24.3 Å². The zero-order valence-corrected chi connectivity index (χ0v) is 10.9. The number of pyridine rings is 1. The molecule has 0 radical (unpaired) electrons. The molecular formula is C12H17N3O2S. The summed E-state index contributed by atoms with van der Waals surface area (Å²) in [6, 6.07) is 3.16. The van der Waals surface area contributed by atoms with Gasteiger partial charge in [-0.3, -0.25) is 9.59 Å². The highest BCUT2D eigenvalue weighted by molar-refractivity contribution is 7.99. The molecule has 18 heavy (non-hydrogen) atoms. The summed E-state index contributed by atoms with van der Waals surface area (Å²) in [7, 11) is 0. The van der Waals surface area contributed by atoms with Gasteiger partial charge in [-0.2, -0.15) is 11.8 Å². The van der Waals surface area contributed by atoms with Gasteiger partial charge in [0.15, 0.2) is 0 Å². The summed E-state index contributed by atoms with van der Waals surface area (Å²) in [6.07, 6.45) is 3.50. The first-order chi connectivity index (χ1) is 8.65. The first-order valence-electron chi connectivity index (χ1n) is 5.98. The van der Waals surface area contributed by atoms with E-state index in [2.05, 4.69) is 5.32 Å². The quantitative estimate of drug-likeness (QED) is 0.833. The molecule has 0 bridgehead atoms. The van der Waals surface area contributed by atoms with Gasteiger partial charge in [-0.15, -0.1) is 0 Å². The normalized spacial score (nSPS) is 16.4. The van der Waals surface area contributed by atoms with Gasteiger partial charge in [-0.25, -0.2) is 0 Å². The number of aromatic nitrogens is 1. The third-order valence-electron chi connectivity index (χ3n) is 2.91. The van der Waals surface area contributed by atoms with E-state index in [1.165, 1.54) is 22.9 Å². The fourth-order valence-electron chi connectivity index (χ4n) is 1.94. The molecule has 2 rings (SSSR count). The molecule has 6 heteroatoms. The Hall–Kier alpha value is -1.43. The summed E-state index contributed by atoms with van der Waals surface area (Å²) in [5.74, 6) is 2.05. The van der Waals surface area contributed by atoms with E-state index in [-0.39, 0.29) is 24.1 Å². The monoisotopic (exact) mass is 267 g/mol. The van der Waals surface area contributed by atoms with Crippen LogP contribution in [0.4, 0.5) is 5.69 Å². The summed E-state index contributed by atoms with van der Waals surface area (Å²) in [5.41, 5.74) is 5.87. The number of amides is 1. The molecule has 0 unspecified atom stereocenters. The Morgan fingerprint density at radius 1 is 1.44 bits per heavy atom. The lowest BCUT2D eigenvalue weighted by Crippen LogP contribution is -2.40. The molecule has 1 amide bonds. The second kappa shape index (κ2) is 5.95. The number of rotatable bonds is 3. The van der Waals surface area contributed by atoms with Crippen molar-refractivity contribution in [3.8, 4) is 0 Å². The second-order valence-corrected chi connectivity index (χ2v) is 5.61. The lowest BCUT2D eigenvalue weighted by molar-refractivity contribution is -0.122. The van der Waals surface area contributed by atoms with Crippen LogP contribution in [0.1, 0.15) is 12.8 Å². The Morgan fingerprint density at radius 3 is 2.89 bits per heavy atom. The first kappa shape index (κ1) is 13.0. The van der Waals surface area contributed by atoms with Crippen LogP contribution in [0.5, 0.6) is 0 Å². The number of nitrogens with two attached hydrogens (primary N) is 1. The lowest BCUT2D eigenvalue weighted by Gasteiger charge is -2.22. The molecule has 98 valence electrons. The Bertz CT molecular complexity index is 480. The van der Waals surface area contributed by atoms with E-state index >= 15 is 0 Å². The number of anilines is 1. The van der Waals surface area contributed by atoms with Crippen LogP contribution in [-0.2, 0) is 11.3 Å². The molecule has 1 aliphatic heterocycles. The van der Waals surface area contributed by atoms with Crippen molar-refractivity contribution >= 4 is 23.4 Å². The van der Waals surface area contributed by atoms with E-state index in [1.54, 1.807) is 0 Å². The Labute approximate surface area is 110 Å². The fourth-order valence-corrected chi connectivity index (χ4v) is 3.05. The van der Waals surface area contributed by atoms with Gasteiger partial charge in [0.25, 0.3) is 5.56 Å². The molecule has 3 N–H and O–H groups in total. The van der Waals surface area contributed by atoms with Crippen molar-refractivity contribution in [2.45, 2.75) is 25.4 Å². The van der Waals surface area contributed by atoms with Crippen LogP contribution in [0.3, 0.4) is 0 Å². The van der Waals surface area contributed by atoms with E-state index in [0.29, 0.717) is 5.69 Å². The molecule has 0 aromatic carbocycles. The van der Waals surface area contributed by atoms with E-state index in [1.807, 2.05) is 11.8 Å². The molecule has 0 spiro atoms. The number of nitrogens with one attached hydrogen (secondary N) is 1. The van der Waals surface area contributed by atoms with Crippen molar-refractivity contribution in [2.24, 2.45) is 0 Å². The van der Waals surface area contributed by atoms with Gasteiger partial charge in [-0.05, 0) is 30.4 Å². The largest absolute Gasteiger partial charge is 0.398 e. The minimum Gasteiger partial charge on any atom is -0.398 e. The fraction of sp³-hybridized carbons (Fsp3) is 0.500. The van der Waals surface area contributed by atoms with Gasteiger partial charge in [0.2, 0.25) is 5.91 Å². The van der Waals surface area contributed by atoms with Crippen molar-refractivity contribution < 1.29 is 4.79 Å².